The van der Waals surface area contributed by atoms with E-state index in [1.807, 2.05) is 0 Å². The molecule has 278 valence electrons. The van der Waals surface area contributed by atoms with Gasteiger partial charge in [-0.05, 0) is 152 Å². The van der Waals surface area contributed by atoms with Gasteiger partial charge in [-0.1, -0.05) is 159 Å². The first-order valence-corrected chi connectivity index (χ1v) is 21.2. The van der Waals surface area contributed by atoms with Crippen molar-refractivity contribution in [2.24, 2.45) is 0 Å². The first kappa shape index (κ1) is 33.7. The van der Waals surface area contributed by atoms with Gasteiger partial charge >= 0.3 is 0 Å². The lowest BCUT2D eigenvalue weighted by Gasteiger charge is -2.37. The molecular weight excluding hydrogens is 699 g/mol. The Morgan fingerprint density at radius 2 is 0.724 bits per heavy atom. The normalized spacial score (nSPS) is 15.7. The molecule has 12 rings (SSSR count). The smallest absolute Gasteiger partial charge is 0.0726 e. The Labute approximate surface area is 342 Å². The van der Waals surface area contributed by atoms with Crippen molar-refractivity contribution in [1.82, 2.24) is 0 Å². The molecule has 1 fully saturated rings. The summed E-state index contributed by atoms with van der Waals surface area (Å²) in [4.78, 5) is 2.55. The van der Waals surface area contributed by atoms with Gasteiger partial charge in [-0.3, -0.25) is 0 Å². The molecule has 0 amide bonds. The van der Waals surface area contributed by atoms with Crippen LogP contribution in [0.2, 0.25) is 0 Å². The predicted octanol–water partition coefficient (Wildman–Crippen LogP) is 15.0. The van der Waals surface area contributed by atoms with E-state index in [0.29, 0.717) is 0 Å². The summed E-state index contributed by atoms with van der Waals surface area (Å²) < 4.78 is 0. The van der Waals surface area contributed by atoms with E-state index in [1.54, 1.807) is 0 Å². The first-order valence-electron chi connectivity index (χ1n) is 21.2. The van der Waals surface area contributed by atoms with E-state index in [2.05, 4.69) is 195 Å². The minimum absolute atomic E-state index is 0.0668. The van der Waals surface area contributed by atoms with Crippen molar-refractivity contribution in [3.63, 3.8) is 0 Å². The molecule has 8 aromatic carbocycles. The maximum atomic E-state index is 2.57. The van der Waals surface area contributed by atoms with Gasteiger partial charge in [0.1, 0.15) is 0 Å². The minimum Gasteiger partial charge on any atom is -0.310 e. The van der Waals surface area contributed by atoms with Crippen LogP contribution >= 0.6 is 0 Å². The van der Waals surface area contributed by atoms with Crippen molar-refractivity contribution < 1.29 is 0 Å². The number of hydrogen-bond acceptors (Lipinski definition) is 1. The average molecular weight is 744 g/mol. The number of aryl methyl sites for hydroxylation is 2. The van der Waals surface area contributed by atoms with E-state index < -0.39 is 5.41 Å². The fourth-order valence-electron chi connectivity index (χ4n) is 11.9. The molecule has 8 aromatic rings. The first-order chi connectivity index (χ1) is 28.6. The molecular formula is C57H45N. The molecule has 4 aliphatic rings. The monoisotopic (exact) mass is 743 g/mol. The molecule has 0 atom stereocenters. The largest absolute Gasteiger partial charge is 0.310 e. The number of benzene rings is 8. The maximum Gasteiger partial charge on any atom is 0.0726 e. The second-order valence-corrected chi connectivity index (χ2v) is 17.2. The van der Waals surface area contributed by atoms with Gasteiger partial charge in [0.15, 0.2) is 0 Å². The van der Waals surface area contributed by atoms with E-state index in [9.17, 15) is 0 Å². The van der Waals surface area contributed by atoms with E-state index >= 15 is 0 Å². The predicted molar refractivity (Wildman–Crippen MR) is 242 cm³/mol. The Morgan fingerprint density at radius 1 is 0.328 bits per heavy atom. The second-order valence-electron chi connectivity index (χ2n) is 17.2. The van der Waals surface area contributed by atoms with Crippen LogP contribution in [0.25, 0.3) is 44.5 Å². The van der Waals surface area contributed by atoms with E-state index in [0.717, 1.165) is 0 Å². The zero-order valence-corrected chi connectivity index (χ0v) is 33.2. The van der Waals surface area contributed by atoms with Crippen LogP contribution in [-0.4, -0.2) is 0 Å². The molecule has 0 radical (unpaired) electrons. The zero-order chi connectivity index (χ0) is 38.6. The Morgan fingerprint density at radius 3 is 1.28 bits per heavy atom. The molecule has 0 aliphatic heterocycles. The quantitative estimate of drug-likeness (QED) is 0.173. The van der Waals surface area contributed by atoms with Gasteiger partial charge in [-0.25, -0.2) is 0 Å². The van der Waals surface area contributed by atoms with Gasteiger partial charge < -0.3 is 4.90 Å². The van der Waals surface area contributed by atoms with Crippen LogP contribution in [0, 0.1) is 13.8 Å². The summed E-state index contributed by atoms with van der Waals surface area (Å²) >= 11 is 0. The van der Waals surface area contributed by atoms with Crippen molar-refractivity contribution in [3.05, 3.63) is 220 Å². The van der Waals surface area contributed by atoms with Crippen LogP contribution in [0.3, 0.4) is 0 Å². The maximum absolute atomic E-state index is 2.57. The van der Waals surface area contributed by atoms with Crippen molar-refractivity contribution in [1.29, 1.82) is 0 Å². The summed E-state index contributed by atoms with van der Waals surface area (Å²) in [6.45, 7) is 4.50. The average Bonchev–Trinajstić information content (AvgIpc) is 3.84. The Balaban J connectivity index is 1.11. The van der Waals surface area contributed by atoms with E-state index in [-0.39, 0.29) is 5.41 Å². The van der Waals surface area contributed by atoms with Crippen molar-refractivity contribution in [2.75, 3.05) is 4.90 Å². The van der Waals surface area contributed by atoms with Gasteiger partial charge in [0, 0.05) is 22.5 Å². The van der Waals surface area contributed by atoms with E-state index in [1.165, 1.54) is 138 Å². The number of hydrogen-bond donors (Lipinski definition) is 0. The lowest BCUT2D eigenvalue weighted by atomic mass is 9.68. The standard InChI is InChI=1S/C57H45N/c1-37-16-4-5-17-42(37)43-29-26-39(34-38(43)2)58(40-27-30-48-44-18-6-10-22-50(44)56(54(48)35-40)32-14-3-15-33-56)41-28-31-49-47-21-9-13-25-53(47)57(55(49)36-41)51-23-11-7-19-45(51)46-20-8-12-24-52(46)57/h4-13,16-31,34-36H,3,14-15,32-33H2,1-2H3. The second kappa shape index (κ2) is 12.5. The van der Waals surface area contributed by atoms with Crippen molar-refractivity contribution >= 4 is 17.1 Å². The summed E-state index contributed by atoms with van der Waals surface area (Å²) in [5.41, 5.74) is 25.1. The van der Waals surface area contributed by atoms with Gasteiger partial charge in [-0.2, -0.15) is 0 Å². The number of nitrogens with zero attached hydrogens (tertiary/aromatic N) is 1. The lowest BCUT2D eigenvalue weighted by molar-refractivity contribution is 0.353. The molecule has 1 heteroatoms. The lowest BCUT2D eigenvalue weighted by Crippen LogP contribution is -2.28. The summed E-state index contributed by atoms with van der Waals surface area (Å²) in [7, 11) is 0. The number of fused-ring (bicyclic) bond motifs is 15. The summed E-state index contributed by atoms with van der Waals surface area (Å²) in [6, 6.07) is 67.2. The van der Waals surface area contributed by atoms with Gasteiger partial charge in [0.05, 0.1) is 5.41 Å². The van der Waals surface area contributed by atoms with Gasteiger partial charge in [0.25, 0.3) is 0 Å². The minimum atomic E-state index is -0.406. The van der Waals surface area contributed by atoms with Crippen molar-refractivity contribution in [2.45, 2.75) is 56.8 Å². The third-order valence-corrected chi connectivity index (χ3v) is 14.4. The molecule has 0 N–H and O–H groups in total. The molecule has 1 saturated carbocycles. The highest BCUT2D eigenvalue weighted by Crippen LogP contribution is 2.64. The van der Waals surface area contributed by atoms with Crippen molar-refractivity contribution in [3.8, 4) is 44.5 Å². The van der Waals surface area contributed by atoms with Crippen LogP contribution in [-0.2, 0) is 10.8 Å². The summed E-state index contributed by atoms with van der Waals surface area (Å²) in [6.07, 6.45) is 6.30. The summed E-state index contributed by atoms with van der Waals surface area (Å²) in [5, 5.41) is 0. The van der Waals surface area contributed by atoms with Crippen LogP contribution in [0.1, 0.15) is 76.6 Å². The number of anilines is 3. The Hall–Kier alpha value is -6.44. The highest BCUT2D eigenvalue weighted by molar-refractivity contribution is 5.96. The SMILES string of the molecule is Cc1ccccc1-c1ccc(N(c2ccc3c(c2)C2(CCCCC2)c2ccccc2-3)c2ccc3c(c2)C2(c4ccccc4-c4ccccc42)c2ccccc2-3)cc1C. The highest BCUT2D eigenvalue weighted by Gasteiger charge is 2.52. The molecule has 0 heterocycles. The molecule has 0 aromatic heterocycles. The van der Waals surface area contributed by atoms with Crippen LogP contribution < -0.4 is 4.90 Å². The Bertz CT molecular complexity index is 2910. The third kappa shape index (κ3) is 4.48. The molecule has 58 heavy (non-hydrogen) atoms. The molecule has 2 spiro atoms. The zero-order valence-electron chi connectivity index (χ0n) is 33.2. The molecule has 0 unspecified atom stereocenters. The number of rotatable bonds is 4. The van der Waals surface area contributed by atoms with Crippen LogP contribution in [0.15, 0.2) is 176 Å². The van der Waals surface area contributed by atoms with Gasteiger partial charge in [-0.15, -0.1) is 0 Å². The summed E-state index contributed by atoms with van der Waals surface area (Å²) in [5.74, 6) is 0. The van der Waals surface area contributed by atoms with Gasteiger partial charge in [0.2, 0.25) is 0 Å². The molecule has 4 aliphatic carbocycles. The Kier molecular flexibility index (Phi) is 7.27. The fraction of sp³-hybridized carbons (Fsp3) is 0.158. The highest BCUT2D eigenvalue weighted by atomic mass is 15.1. The molecule has 0 saturated heterocycles. The topological polar surface area (TPSA) is 3.24 Å². The van der Waals surface area contributed by atoms with Crippen LogP contribution in [0.4, 0.5) is 17.1 Å². The molecule has 1 nitrogen and oxygen atoms in total. The fourth-order valence-corrected chi connectivity index (χ4v) is 11.9. The van der Waals surface area contributed by atoms with E-state index in [4.69, 9.17) is 0 Å². The third-order valence-electron chi connectivity index (χ3n) is 14.4. The molecule has 0 bridgehead atoms. The van der Waals surface area contributed by atoms with Crippen LogP contribution in [0.5, 0.6) is 0 Å².